The number of benzene rings is 1. The number of thiocarbonyl (C=S) groups is 1. The number of anilines is 1. The second kappa shape index (κ2) is 11.9. The number of nitrogens with zero attached hydrogens (tertiary/aromatic N) is 1. The molecule has 7 nitrogen and oxygen atoms in total. The number of hydrogen-bond acceptors (Lipinski definition) is 5. The lowest BCUT2D eigenvalue weighted by Crippen LogP contribution is -2.57. The maximum absolute atomic E-state index is 11.8. The Morgan fingerprint density at radius 1 is 1.28 bits per heavy atom. The van der Waals surface area contributed by atoms with E-state index in [1.165, 1.54) is 0 Å². The van der Waals surface area contributed by atoms with Crippen molar-refractivity contribution in [2.24, 2.45) is 11.7 Å². The van der Waals surface area contributed by atoms with Crippen LogP contribution in [0, 0.1) is 5.92 Å². The van der Waals surface area contributed by atoms with Gasteiger partial charge >= 0.3 is 13.1 Å². The van der Waals surface area contributed by atoms with Crippen LogP contribution >= 0.6 is 36.2 Å². The lowest BCUT2D eigenvalue weighted by Gasteiger charge is -2.40. The summed E-state index contributed by atoms with van der Waals surface area (Å²) in [6, 6.07) is 7.26. The zero-order valence-corrected chi connectivity index (χ0v) is 18.5. The number of hydrogen-bond donors (Lipinski definition) is 5. The molecule has 0 spiro atoms. The Hall–Kier alpha value is -1.10. The van der Waals surface area contributed by atoms with Gasteiger partial charge in [0, 0.05) is 23.8 Å². The number of rotatable bonds is 8. The molecule has 0 saturated carbocycles. The van der Waals surface area contributed by atoms with E-state index < -0.39 is 18.6 Å². The molecular weight excluding hydrogens is 436 g/mol. The molecular formula is C18H28BCl2N3O4S. The number of piperidine rings is 1. The van der Waals surface area contributed by atoms with Crippen molar-refractivity contribution in [3.8, 4) is 0 Å². The fraction of sp³-hybridized carbons (Fsp3) is 0.556. The Morgan fingerprint density at radius 3 is 2.38 bits per heavy atom. The number of nitrogens with one attached hydrogen (secondary N) is 1. The van der Waals surface area contributed by atoms with Crippen LogP contribution in [-0.4, -0.2) is 56.9 Å². The van der Waals surface area contributed by atoms with Crippen LogP contribution in [0.1, 0.15) is 32.1 Å². The summed E-state index contributed by atoms with van der Waals surface area (Å²) in [5, 5.41) is 32.0. The second-order valence-electron chi connectivity index (χ2n) is 7.27. The third kappa shape index (κ3) is 7.59. The monoisotopic (exact) mass is 463 g/mol. The fourth-order valence-corrected chi connectivity index (χ4v) is 3.99. The molecule has 162 valence electrons. The number of halogens is 2. The molecule has 6 N–H and O–H groups in total. The minimum Gasteiger partial charge on any atom is -0.480 e. The van der Waals surface area contributed by atoms with Gasteiger partial charge in [0.15, 0.2) is 5.11 Å². The van der Waals surface area contributed by atoms with E-state index in [0.717, 1.165) is 5.69 Å². The van der Waals surface area contributed by atoms with E-state index in [-0.39, 0.29) is 24.6 Å². The highest BCUT2D eigenvalue weighted by atomic mass is 35.5. The number of unbranched alkanes of at least 4 members (excludes halogenated alkanes) is 1. The molecule has 2 rings (SSSR count). The smallest absolute Gasteiger partial charge is 0.451 e. The zero-order valence-electron chi connectivity index (χ0n) is 16.1. The Morgan fingerprint density at radius 2 is 1.86 bits per heavy atom. The van der Waals surface area contributed by atoms with E-state index in [0.29, 0.717) is 55.3 Å². The Balaban J connectivity index is 0.00000420. The average Bonchev–Trinajstić information content (AvgIpc) is 2.66. The van der Waals surface area contributed by atoms with Crippen molar-refractivity contribution in [2.75, 3.05) is 18.4 Å². The van der Waals surface area contributed by atoms with Gasteiger partial charge in [0.1, 0.15) is 5.54 Å². The van der Waals surface area contributed by atoms with Gasteiger partial charge in [0.2, 0.25) is 0 Å². The third-order valence-corrected chi connectivity index (χ3v) is 5.92. The van der Waals surface area contributed by atoms with Gasteiger partial charge in [-0.25, -0.2) is 0 Å². The predicted molar refractivity (Wildman–Crippen MR) is 123 cm³/mol. The van der Waals surface area contributed by atoms with Crippen molar-refractivity contribution in [1.29, 1.82) is 0 Å². The minimum atomic E-state index is -1.37. The van der Waals surface area contributed by atoms with E-state index in [1.807, 2.05) is 17.0 Å². The van der Waals surface area contributed by atoms with Gasteiger partial charge in [-0.2, -0.15) is 0 Å². The highest BCUT2D eigenvalue weighted by molar-refractivity contribution is 7.80. The summed E-state index contributed by atoms with van der Waals surface area (Å²) in [5.74, 6) is -1.16. The molecule has 11 heteroatoms. The fourth-order valence-electron chi connectivity index (χ4n) is 3.56. The Bertz CT molecular complexity index is 676. The summed E-state index contributed by atoms with van der Waals surface area (Å²) in [5.41, 5.74) is 5.83. The largest absolute Gasteiger partial charge is 0.480 e. The van der Waals surface area contributed by atoms with Gasteiger partial charge in [-0.3, -0.25) is 4.79 Å². The molecule has 1 atom stereocenters. The van der Waals surface area contributed by atoms with Crippen molar-refractivity contribution >= 4 is 60.1 Å². The minimum absolute atomic E-state index is 0. The van der Waals surface area contributed by atoms with Crippen LogP contribution in [0.2, 0.25) is 11.3 Å². The van der Waals surface area contributed by atoms with Crippen molar-refractivity contribution < 1.29 is 19.9 Å². The van der Waals surface area contributed by atoms with Crippen molar-refractivity contribution in [3.05, 3.63) is 29.3 Å². The Labute approximate surface area is 188 Å². The van der Waals surface area contributed by atoms with Crippen molar-refractivity contribution in [2.45, 2.75) is 44.0 Å². The summed E-state index contributed by atoms with van der Waals surface area (Å²) in [7, 11) is -1.37. The molecule has 29 heavy (non-hydrogen) atoms. The number of nitrogens with two attached hydrogens (primary N) is 1. The summed E-state index contributed by atoms with van der Waals surface area (Å²) in [6.45, 7) is 1.26. The molecule has 1 fully saturated rings. The first kappa shape index (κ1) is 25.9. The number of carbonyl (C=O) groups is 1. The molecule has 0 aromatic heterocycles. The summed E-state index contributed by atoms with van der Waals surface area (Å²) < 4.78 is 0. The van der Waals surface area contributed by atoms with Gasteiger partial charge < -0.3 is 31.1 Å². The highest BCUT2D eigenvalue weighted by Gasteiger charge is 2.43. The maximum Gasteiger partial charge on any atom is 0.451 e. The predicted octanol–water partition coefficient (Wildman–Crippen LogP) is 2.60. The van der Waals surface area contributed by atoms with E-state index in [1.54, 1.807) is 12.1 Å². The van der Waals surface area contributed by atoms with Crippen molar-refractivity contribution in [3.63, 3.8) is 0 Å². The number of carboxylic acids is 1. The van der Waals surface area contributed by atoms with Crippen LogP contribution in [-0.2, 0) is 4.79 Å². The van der Waals surface area contributed by atoms with E-state index in [2.05, 4.69) is 5.32 Å². The zero-order chi connectivity index (χ0) is 20.7. The maximum atomic E-state index is 11.8. The summed E-state index contributed by atoms with van der Waals surface area (Å²) in [4.78, 5) is 13.9. The van der Waals surface area contributed by atoms with Crippen LogP contribution in [0.3, 0.4) is 0 Å². The molecule has 1 saturated heterocycles. The quantitative estimate of drug-likeness (QED) is 0.226. The number of carboxylic acid groups (broad SMARTS) is 1. The normalized spacial score (nSPS) is 16.5. The highest BCUT2D eigenvalue weighted by Crippen LogP contribution is 2.31. The average molecular weight is 464 g/mol. The molecule has 0 bridgehead atoms. The third-order valence-electron chi connectivity index (χ3n) is 5.31. The standard InChI is InChI=1S/C18H27BClN3O4S.ClH/c20-14-3-5-15(6-4-14)22-17(28)23-11-7-13(8-12-23)18(21,16(24)25)9-1-2-10-19(26)27;/h3-6,13,26-27H,1-2,7-12,21H2,(H,22,28)(H,24,25);1H. The van der Waals surface area contributed by atoms with Gasteiger partial charge in [-0.1, -0.05) is 24.4 Å². The lowest BCUT2D eigenvalue weighted by molar-refractivity contribution is -0.146. The first-order valence-corrected chi connectivity index (χ1v) is 10.2. The molecule has 1 aromatic rings. The molecule has 0 radical (unpaired) electrons. The van der Waals surface area contributed by atoms with E-state index in [9.17, 15) is 9.90 Å². The second-order valence-corrected chi connectivity index (χ2v) is 8.09. The van der Waals surface area contributed by atoms with E-state index in [4.69, 9.17) is 39.6 Å². The van der Waals surface area contributed by atoms with E-state index >= 15 is 0 Å². The topological polar surface area (TPSA) is 119 Å². The molecule has 1 unspecified atom stereocenters. The van der Waals surface area contributed by atoms with Gasteiger partial charge in [0.05, 0.1) is 0 Å². The van der Waals surface area contributed by atoms with Gasteiger partial charge in [0.25, 0.3) is 0 Å². The van der Waals surface area contributed by atoms with Crippen LogP contribution < -0.4 is 11.1 Å². The molecule has 1 aromatic carbocycles. The van der Waals surface area contributed by atoms with Crippen LogP contribution in [0.4, 0.5) is 5.69 Å². The lowest BCUT2D eigenvalue weighted by atomic mass is 9.74. The van der Waals surface area contributed by atoms with Gasteiger partial charge in [-0.15, -0.1) is 12.4 Å². The van der Waals surface area contributed by atoms with Crippen LogP contribution in [0.15, 0.2) is 24.3 Å². The van der Waals surface area contributed by atoms with Crippen molar-refractivity contribution in [1.82, 2.24) is 4.90 Å². The molecule has 0 aliphatic carbocycles. The molecule has 1 heterocycles. The summed E-state index contributed by atoms with van der Waals surface area (Å²) >= 11 is 11.4. The van der Waals surface area contributed by atoms with Crippen LogP contribution in [0.5, 0.6) is 0 Å². The molecule has 1 aliphatic heterocycles. The van der Waals surface area contributed by atoms with Crippen LogP contribution in [0.25, 0.3) is 0 Å². The number of likely N-dealkylation sites (tertiary alicyclic amines) is 1. The van der Waals surface area contributed by atoms with Gasteiger partial charge in [-0.05, 0) is 68.0 Å². The first-order valence-electron chi connectivity index (χ1n) is 9.42. The SMILES string of the molecule is Cl.NC(CCCCB(O)O)(C(=O)O)C1CCN(C(=S)Nc2ccc(Cl)cc2)CC1. The molecule has 0 amide bonds. The molecule has 1 aliphatic rings. The Kier molecular flexibility index (Phi) is 10.7. The number of aliphatic carboxylic acids is 1. The summed E-state index contributed by atoms with van der Waals surface area (Å²) in [6.07, 6.45) is 2.86. The first-order chi connectivity index (χ1) is 13.2.